The molecule has 2 aliphatic rings. The maximum atomic E-state index is 11.2. The van der Waals surface area contributed by atoms with E-state index in [9.17, 15) is 9.90 Å². The first-order valence-corrected chi connectivity index (χ1v) is 7.64. The van der Waals surface area contributed by atoms with E-state index in [1.54, 1.807) is 6.07 Å². The van der Waals surface area contributed by atoms with Crippen LogP contribution >= 0.6 is 0 Å². The third-order valence-corrected chi connectivity index (χ3v) is 4.04. The summed E-state index contributed by atoms with van der Waals surface area (Å²) in [5.74, 6) is 0.715. The molecule has 21 heavy (non-hydrogen) atoms. The molecular weight excluding hydrogens is 270 g/mol. The first-order chi connectivity index (χ1) is 10.2. The molecule has 1 aromatic carbocycles. The molecule has 0 atom stereocenters. The Morgan fingerprint density at radius 1 is 1.24 bits per heavy atom. The Morgan fingerprint density at radius 2 is 2.05 bits per heavy atom. The molecule has 1 N–H and O–H groups in total. The maximum absolute atomic E-state index is 11.2. The Bertz CT molecular complexity index is 523. The summed E-state index contributed by atoms with van der Waals surface area (Å²) >= 11 is 0. The van der Waals surface area contributed by atoms with E-state index in [2.05, 4.69) is 4.90 Å². The van der Waals surface area contributed by atoms with Gasteiger partial charge in [0.2, 0.25) is 0 Å². The number of ether oxygens (including phenoxy) is 2. The number of fused-ring (bicyclic) bond motifs is 1. The first-order valence-electron chi connectivity index (χ1n) is 7.64. The highest BCUT2D eigenvalue weighted by molar-refractivity contribution is 5.76. The van der Waals surface area contributed by atoms with E-state index in [0.29, 0.717) is 30.9 Å². The Labute approximate surface area is 124 Å². The van der Waals surface area contributed by atoms with Gasteiger partial charge >= 0.3 is 5.97 Å². The van der Waals surface area contributed by atoms with Gasteiger partial charge in [0.05, 0.1) is 13.0 Å². The van der Waals surface area contributed by atoms with Crippen molar-refractivity contribution in [1.82, 2.24) is 4.90 Å². The van der Waals surface area contributed by atoms with Gasteiger partial charge in [0, 0.05) is 12.6 Å². The van der Waals surface area contributed by atoms with Crippen molar-refractivity contribution in [2.24, 2.45) is 0 Å². The van der Waals surface area contributed by atoms with Gasteiger partial charge in [0.15, 0.2) is 11.5 Å². The average Bonchev–Trinajstić information content (AvgIpc) is 2.97. The topological polar surface area (TPSA) is 59.0 Å². The highest BCUT2D eigenvalue weighted by Gasteiger charge is 2.20. The molecule has 0 amide bonds. The van der Waals surface area contributed by atoms with Crippen molar-refractivity contribution in [3.05, 3.63) is 17.7 Å². The van der Waals surface area contributed by atoms with Crippen molar-refractivity contribution in [1.29, 1.82) is 0 Å². The highest BCUT2D eigenvalue weighted by Crippen LogP contribution is 2.36. The molecule has 0 radical (unpaired) electrons. The average molecular weight is 291 g/mol. The summed E-state index contributed by atoms with van der Waals surface area (Å²) in [5.41, 5.74) is 0.918. The summed E-state index contributed by atoms with van der Waals surface area (Å²) in [7, 11) is 0. The molecule has 2 aliphatic heterocycles. The van der Waals surface area contributed by atoms with Crippen molar-refractivity contribution in [3.63, 3.8) is 0 Å². The Kier molecular flexibility index (Phi) is 4.29. The zero-order valence-corrected chi connectivity index (χ0v) is 12.1. The Hall–Kier alpha value is -1.75. The van der Waals surface area contributed by atoms with Crippen molar-refractivity contribution >= 4 is 5.97 Å². The number of rotatable bonds is 5. The minimum Gasteiger partial charge on any atom is -0.504 e. The van der Waals surface area contributed by atoms with Crippen molar-refractivity contribution < 1.29 is 19.4 Å². The van der Waals surface area contributed by atoms with Gasteiger partial charge in [-0.2, -0.15) is 0 Å². The second-order valence-corrected chi connectivity index (χ2v) is 5.65. The second kappa shape index (κ2) is 6.35. The van der Waals surface area contributed by atoms with Crippen LogP contribution in [-0.4, -0.2) is 42.2 Å². The Morgan fingerprint density at radius 3 is 2.86 bits per heavy atom. The predicted octanol–water partition coefficient (Wildman–Crippen LogP) is 2.11. The van der Waals surface area contributed by atoms with Gasteiger partial charge in [0.25, 0.3) is 0 Å². The van der Waals surface area contributed by atoms with Crippen molar-refractivity contribution in [3.8, 4) is 17.2 Å². The predicted molar refractivity (Wildman–Crippen MR) is 77.8 cm³/mol. The zero-order valence-electron chi connectivity index (χ0n) is 12.1. The maximum Gasteiger partial charge on any atom is 0.311 e. The normalized spacial score (nSPS) is 18.4. The number of hydrogen-bond donors (Lipinski definition) is 1. The Balaban J connectivity index is 1.54. The lowest BCUT2D eigenvalue weighted by Crippen LogP contribution is -2.22. The number of aryl methyl sites for hydroxylation is 1. The number of likely N-dealkylation sites (tertiary alicyclic amines) is 1. The fraction of sp³-hybridized carbons (Fsp3) is 0.562. The second-order valence-electron chi connectivity index (χ2n) is 5.65. The zero-order chi connectivity index (χ0) is 14.7. The van der Waals surface area contributed by atoms with Crippen LogP contribution in [0.4, 0.5) is 0 Å². The number of esters is 1. The fourth-order valence-electron chi connectivity index (χ4n) is 2.88. The number of nitrogens with zero attached hydrogens (tertiary/aromatic N) is 1. The number of hydrogen-bond acceptors (Lipinski definition) is 5. The number of phenols is 1. The minimum absolute atomic E-state index is 0.0321. The smallest absolute Gasteiger partial charge is 0.311 e. The number of carbonyl (C=O) groups is 1. The van der Waals surface area contributed by atoms with E-state index in [4.69, 9.17) is 9.47 Å². The van der Waals surface area contributed by atoms with Gasteiger partial charge in [-0.3, -0.25) is 4.79 Å². The van der Waals surface area contributed by atoms with Gasteiger partial charge in [-0.1, -0.05) is 0 Å². The number of phenolic OH excluding ortho intramolecular Hbond substituents is 1. The van der Waals surface area contributed by atoms with Crippen LogP contribution in [0.2, 0.25) is 0 Å². The molecule has 1 fully saturated rings. The largest absolute Gasteiger partial charge is 0.504 e. The summed E-state index contributed by atoms with van der Waals surface area (Å²) in [6.07, 6.45) is 4.56. The SMILES string of the molecule is O=C1CCc2cc(OCCCN3CCCC3)c(O)cc2O1. The minimum atomic E-state index is -0.249. The van der Waals surface area contributed by atoms with E-state index in [-0.39, 0.29) is 11.7 Å². The standard InChI is InChI=1S/C16H21NO4/c18-13-11-14-12(4-5-16(19)21-14)10-15(13)20-9-3-8-17-6-1-2-7-17/h10-11,18H,1-9H2. The lowest BCUT2D eigenvalue weighted by Gasteiger charge is -2.18. The molecule has 114 valence electrons. The van der Waals surface area contributed by atoms with E-state index in [1.165, 1.54) is 32.0 Å². The molecule has 5 nitrogen and oxygen atoms in total. The van der Waals surface area contributed by atoms with Gasteiger partial charge in [0.1, 0.15) is 5.75 Å². The summed E-state index contributed by atoms with van der Waals surface area (Å²) in [4.78, 5) is 13.7. The number of benzene rings is 1. The van der Waals surface area contributed by atoms with Crippen LogP contribution in [0.1, 0.15) is 31.2 Å². The highest BCUT2D eigenvalue weighted by atomic mass is 16.5. The molecule has 2 heterocycles. The first kappa shape index (κ1) is 14.2. The summed E-state index contributed by atoms with van der Waals surface area (Å²) in [6, 6.07) is 3.26. The van der Waals surface area contributed by atoms with Crippen molar-refractivity contribution in [2.75, 3.05) is 26.2 Å². The van der Waals surface area contributed by atoms with Crippen LogP contribution in [0.3, 0.4) is 0 Å². The van der Waals surface area contributed by atoms with E-state index in [0.717, 1.165) is 18.5 Å². The monoisotopic (exact) mass is 291 g/mol. The molecule has 0 aromatic heterocycles. The number of carbonyl (C=O) groups excluding carboxylic acids is 1. The molecule has 0 spiro atoms. The van der Waals surface area contributed by atoms with Gasteiger partial charge in [-0.05, 0) is 50.4 Å². The molecule has 0 aliphatic carbocycles. The summed E-state index contributed by atoms with van der Waals surface area (Å²) in [5, 5.41) is 9.94. The molecule has 1 aromatic rings. The van der Waals surface area contributed by atoms with Crippen LogP contribution in [0.25, 0.3) is 0 Å². The van der Waals surface area contributed by atoms with E-state index in [1.807, 2.05) is 0 Å². The van der Waals surface area contributed by atoms with Crippen LogP contribution < -0.4 is 9.47 Å². The van der Waals surface area contributed by atoms with Crippen LogP contribution in [0, 0.1) is 0 Å². The van der Waals surface area contributed by atoms with E-state index < -0.39 is 0 Å². The molecule has 0 bridgehead atoms. The molecule has 0 unspecified atom stereocenters. The lowest BCUT2D eigenvalue weighted by atomic mass is 10.1. The lowest BCUT2D eigenvalue weighted by molar-refractivity contribution is -0.135. The van der Waals surface area contributed by atoms with Crippen LogP contribution in [0.15, 0.2) is 12.1 Å². The molecular formula is C16H21NO4. The quantitative estimate of drug-likeness (QED) is 0.511. The van der Waals surface area contributed by atoms with Gasteiger partial charge < -0.3 is 19.5 Å². The fourth-order valence-corrected chi connectivity index (χ4v) is 2.88. The third kappa shape index (κ3) is 3.47. The van der Waals surface area contributed by atoms with Crippen molar-refractivity contribution in [2.45, 2.75) is 32.1 Å². The number of aromatic hydroxyl groups is 1. The molecule has 0 saturated carbocycles. The van der Waals surface area contributed by atoms with Crippen LogP contribution in [-0.2, 0) is 11.2 Å². The third-order valence-electron chi connectivity index (χ3n) is 4.04. The van der Waals surface area contributed by atoms with E-state index >= 15 is 0 Å². The van der Waals surface area contributed by atoms with Gasteiger partial charge in [-0.25, -0.2) is 0 Å². The molecule has 1 saturated heterocycles. The van der Waals surface area contributed by atoms with Crippen LogP contribution in [0.5, 0.6) is 17.2 Å². The molecule has 3 rings (SSSR count). The van der Waals surface area contributed by atoms with Gasteiger partial charge in [-0.15, -0.1) is 0 Å². The summed E-state index contributed by atoms with van der Waals surface area (Å²) < 4.78 is 10.8. The summed E-state index contributed by atoms with van der Waals surface area (Å²) in [6.45, 7) is 4.01. The molecule has 5 heteroatoms.